The fourth-order valence-electron chi connectivity index (χ4n) is 3.93. The van der Waals surface area contributed by atoms with Gasteiger partial charge in [-0.15, -0.1) is 0 Å². The van der Waals surface area contributed by atoms with Gasteiger partial charge in [-0.25, -0.2) is 14.6 Å². The molecule has 0 spiro atoms. The number of benzene rings is 2. The number of imidazole rings is 1. The Labute approximate surface area is 173 Å². The van der Waals surface area contributed by atoms with E-state index in [0.29, 0.717) is 22.4 Å². The number of aryl methyl sites for hydroxylation is 3. The van der Waals surface area contributed by atoms with Crippen molar-refractivity contribution in [1.29, 1.82) is 0 Å². The van der Waals surface area contributed by atoms with Crippen LogP contribution in [0.5, 0.6) is 0 Å². The van der Waals surface area contributed by atoms with Gasteiger partial charge in [0.15, 0.2) is 11.3 Å². The van der Waals surface area contributed by atoms with E-state index in [4.69, 9.17) is 9.97 Å². The number of nitrogens with zero attached hydrogens (tertiary/aromatic N) is 5. The Kier molecular flexibility index (Phi) is 4.35. The monoisotopic (exact) mass is 397 g/mol. The number of para-hydroxylation sites is 2. The van der Waals surface area contributed by atoms with Crippen LogP contribution in [0.4, 0.5) is 0 Å². The van der Waals surface area contributed by atoms with Crippen LogP contribution in [0, 0.1) is 13.8 Å². The van der Waals surface area contributed by atoms with Crippen LogP contribution in [0.15, 0.2) is 53.3 Å². The second kappa shape index (κ2) is 7.06. The smallest absolute Gasteiger partial charge is 0.216 e. The SMILES string of the molecule is CCCCc1nc2c(c(=O)c(C)nn2-c2ccc(C)cc2)c2nc3ccccc3n12. The summed E-state index contributed by atoms with van der Waals surface area (Å²) in [6.45, 7) is 5.96. The van der Waals surface area contributed by atoms with Gasteiger partial charge >= 0.3 is 0 Å². The molecule has 0 aliphatic rings. The molecule has 0 atom stereocenters. The first-order valence-electron chi connectivity index (χ1n) is 10.3. The van der Waals surface area contributed by atoms with Crippen LogP contribution in [0.1, 0.15) is 36.8 Å². The van der Waals surface area contributed by atoms with Crippen molar-refractivity contribution in [3.05, 3.63) is 75.8 Å². The Morgan fingerprint density at radius 2 is 1.70 bits per heavy atom. The summed E-state index contributed by atoms with van der Waals surface area (Å²) in [6, 6.07) is 16.1. The number of unbranched alkanes of at least 4 members (excludes halogenated alkanes) is 1. The number of hydrogen-bond donors (Lipinski definition) is 0. The summed E-state index contributed by atoms with van der Waals surface area (Å²) >= 11 is 0. The van der Waals surface area contributed by atoms with E-state index < -0.39 is 0 Å². The van der Waals surface area contributed by atoms with E-state index in [2.05, 4.69) is 12.0 Å². The van der Waals surface area contributed by atoms with E-state index in [0.717, 1.165) is 41.8 Å². The predicted molar refractivity (Wildman–Crippen MR) is 119 cm³/mol. The minimum atomic E-state index is -0.122. The molecule has 150 valence electrons. The number of hydrogen-bond acceptors (Lipinski definition) is 4. The summed E-state index contributed by atoms with van der Waals surface area (Å²) < 4.78 is 3.83. The van der Waals surface area contributed by atoms with Gasteiger partial charge in [0.2, 0.25) is 5.43 Å². The summed E-state index contributed by atoms with van der Waals surface area (Å²) in [7, 11) is 0. The summed E-state index contributed by atoms with van der Waals surface area (Å²) in [5.74, 6) is 0.902. The van der Waals surface area contributed by atoms with Gasteiger partial charge in [0.05, 0.1) is 16.7 Å². The molecule has 0 radical (unpaired) electrons. The third kappa shape index (κ3) is 2.79. The van der Waals surface area contributed by atoms with Crippen molar-refractivity contribution in [2.24, 2.45) is 0 Å². The van der Waals surface area contributed by atoms with Crippen molar-refractivity contribution in [2.75, 3.05) is 0 Å². The molecule has 0 saturated heterocycles. The second-order valence-corrected chi connectivity index (χ2v) is 7.75. The van der Waals surface area contributed by atoms with Crippen molar-refractivity contribution >= 4 is 27.7 Å². The highest BCUT2D eigenvalue weighted by molar-refractivity contribution is 5.95. The molecule has 0 N–H and O–H groups in total. The molecular weight excluding hydrogens is 374 g/mol. The van der Waals surface area contributed by atoms with Crippen LogP contribution in [-0.2, 0) is 6.42 Å². The van der Waals surface area contributed by atoms with E-state index in [9.17, 15) is 4.79 Å². The molecule has 0 aliphatic carbocycles. The van der Waals surface area contributed by atoms with E-state index in [-0.39, 0.29) is 5.43 Å². The van der Waals surface area contributed by atoms with Crippen LogP contribution < -0.4 is 5.43 Å². The Morgan fingerprint density at radius 1 is 0.933 bits per heavy atom. The summed E-state index contributed by atoms with van der Waals surface area (Å²) in [5.41, 5.74) is 5.40. The van der Waals surface area contributed by atoms with E-state index in [1.54, 1.807) is 11.6 Å². The molecule has 5 rings (SSSR count). The van der Waals surface area contributed by atoms with Crippen LogP contribution in [0.25, 0.3) is 33.4 Å². The summed E-state index contributed by atoms with van der Waals surface area (Å²) in [6.07, 6.45) is 2.87. The quantitative estimate of drug-likeness (QED) is 0.447. The fraction of sp³-hybridized carbons (Fsp3) is 0.250. The maximum Gasteiger partial charge on any atom is 0.216 e. The minimum Gasteiger partial charge on any atom is -0.287 e. The molecule has 0 amide bonds. The Bertz CT molecular complexity index is 1460. The normalized spacial score (nSPS) is 11.7. The first-order valence-corrected chi connectivity index (χ1v) is 10.3. The Morgan fingerprint density at radius 3 is 2.47 bits per heavy atom. The Balaban J connectivity index is 1.97. The van der Waals surface area contributed by atoms with Gasteiger partial charge in [0.1, 0.15) is 16.9 Å². The minimum absolute atomic E-state index is 0.122. The van der Waals surface area contributed by atoms with Crippen molar-refractivity contribution in [2.45, 2.75) is 40.0 Å². The molecule has 0 saturated carbocycles. The van der Waals surface area contributed by atoms with Crippen LogP contribution >= 0.6 is 0 Å². The van der Waals surface area contributed by atoms with Crippen LogP contribution in [0.2, 0.25) is 0 Å². The maximum absolute atomic E-state index is 13.2. The van der Waals surface area contributed by atoms with Crippen molar-refractivity contribution < 1.29 is 0 Å². The molecule has 0 aliphatic heterocycles. The highest BCUT2D eigenvalue weighted by atomic mass is 16.1. The molecule has 6 nitrogen and oxygen atoms in total. The van der Waals surface area contributed by atoms with Gasteiger partial charge in [-0.2, -0.15) is 5.10 Å². The number of aromatic nitrogens is 5. The van der Waals surface area contributed by atoms with Gasteiger partial charge in [0.25, 0.3) is 0 Å². The topological polar surface area (TPSA) is 65.1 Å². The molecule has 6 heteroatoms. The lowest BCUT2D eigenvalue weighted by Gasteiger charge is -2.14. The molecule has 3 aromatic heterocycles. The zero-order valence-corrected chi connectivity index (χ0v) is 17.4. The first kappa shape index (κ1) is 18.5. The molecule has 0 bridgehead atoms. The predicted octanol–water partition coefficient (Wildman–Crippen LogP) is 4.54. The van der Waals surface area contributed by atoms with E-state index >= 15 is 0 Å². The van der Waals surface area contributed by atoms with Gasteiger partial charge < -0.3 is 0 Å². The first-order chi connectivity index (χ1) is 14.6. The van der Waals surface area contributed by atoms with E-state index in [1.165, 1.54) is 5.56 Å². The summed E-state index contributed by atoms with van der Waals surface area (Å²) in [4.78, 5) is 23.0. The van der Waals surface area contributed by atoms with Crippen LogP contribution in [-0.4, -0.2) is 24.1 Å². The summed E-state index contributed by atoms with van der Waals surface area (Å²) in [5, 5.41) is 5.10. The van der Waals surface area contributed by atoms with Gasteiger partial charge in [0, 0.05) is 6.42 Å². The standard InChI is InChI=1S/C24H23N5O/c1-4-5-10-20-26-24-21(23-25-18-8-6-7-9-19(18)28(20)23)22(30)16(3)27-29(24)17-13-11-15(2)12-14-17/h6-9,11-14H,4-5,10H2,1-3H3. The average molecular weight is 397 g/mol. The molecule has 5 aromatic rings. The fourth-order valence-corrected chi connectivity index (χ4v) is 3.93. The molecule has 30 heavy (non-hydrogen) atoms. The van der Waals surface area contributed by atoms with Gasteiger partial charge in [-0.1, -0.05) is 43.2 Å². The third-order valence-corrected chi connectivity index (χ3v) is 5.54. The Hall–Kier alpha value is -3.54. The molecule has 0 fully saturated rings. The second-order valence-electron chi connectivity index (χ2n) is 7.75. The number of rotatable bonds is 4. The molecule has 2 aromatic carbocycles. The van der Waals surface area contributed by atoms with Gasteiger partial charge in [-0.3, -0.25) is 9.20 Å². The lowest BCUT2D eigenvalue weighted by molar-refractivity contribution is 0.740. The van der Waals surface area contributed by atoms with Crippen molar-refractivity contribution in [3.63, 3.8) is 0 Å². The lowest BCUT2D eigenvalue weighted by Crippen LogP contribution is -2.19. The molecule has 0 unspecified atom stereocenters. The van der Waals surface area contributed by atoms with E-state index in [1.807, 2.05) is 59.9 Å². The van der Waals surface area contributed by atoms with Gasteiger partial charge in [-0.05, 0) is 44.5 Å². The zero-order valence-electron chi connectivity index (χ0n) is 17.4. The zero-order chi connectivity index (χ0) is 20.8. The average Bonchev–Trinajstić information content (AvgIpc) is 3.14. The third-order valence-electron chi connectivity index (χ3n) is 5.54. The van der Waals surface area contributed by atoms with Crippen molar-refractivity contribution in [1.82, 2.24) is 24.1 Å². The lowest BCUT2D eigenvalue weighted by atomic mass is 10.2. The maximum atomic E-state index is 13.2. The van der Waals surface area contributed by atoms with Crippen LogP contribution in [0.3, 0.4) is 0 Å². The number of fused-ring (bicyclic) bond motifs is 5. The van der Waals surface area contributed by atoms with Crippen molar-refractivity contribution in [3.8, 4) is 5.69 Å². The molecular formula is C24H23N5O. The molecule has 3 heterocycles. The highest BCUT2D eigenvalue weighted by Crippen LogP contribution is 2.25. The highest BCUT2D eigenvalue weighted by Gasteiger charge is 2.20. The largest absolute Gasteiger partial charge is 0.287 e.